The average molecular weight is 353 g/mol. The second-order valence-corrected chi connectivity index (χ2v) is 5.55. The lowest BCUT2D eigenvalue weighted by Crippen LogP contribution is -2.27. The minimum atomic E-state index is -4.67. The van der Waals surface area contributed by atoms with Crippen LogP contribution in [0.25, 0.3) is 0 Å². The fourth-order valence-corrected chi connectivity index (χ4v) is 2.68. The quantitative estimate of drug-likeness (QED) is 0.904. The Morgan fingerprint density at radius 3 is 2.75 bits per heavy atom. The van der Waals surface area contributed by atoms with E-state index >= 15 is 0 Å². The summed E-state index contributed by atoms with van der Waals surface area (Å²) in [6.45, 7) is 4.62. The minimum Gasteiger partial charge on any atom is -0.405 e. The Balaban J connectivity index is 2.01. The molecule has 0 aliphatic carbocycles. The second kappa shape index (κ2) is 6.78. The first-order valence-electron chi connectivity index (χ1n) is 6.41. The Morgan fingerprint density at radius 1 is 1.25 bits per heavy atom. The Kier molecular flexibility index (Phi) is 5.29. The van der Waals surface area contributed by atoms with Gasteiger partial charge in [-0.1, -0.05) is 6.07 Å². The molecule has 1 aliphatic rings. The number of benzene rings is 1. The molecule has 0 atom stereocenters. The first-order valence-corrected chi connectivity index (χ1v) is 7.20. The summed E-state index contributed by atoms with van der Waals surface area (Å²) in [6, 6.07) is 4.70. The van der Waals surface area contributed by atoms with Crippen molar-refractivity contribution >= 4 is 15.9 Å². The van der Waals surface area contributed by atoms with Crippen molar-refractivity contribution in [2.45, 2.75) is 19.3 Å². The molecule has 0 saturated carbocycles. The van der Waals surface area contributed by atoms with Gasteiger partial charge in [0.1, 0.15) is 5.75 Å². The summed E-state index contributed by atoms with van der Waals surface area (Å²) in [5.41, 5.74) is 0.966. The highest BCUT2D eigenvalue weighted by Gasteiger charge is 2.31. The Labute approximate surface area is 124 Å². The predicted molar refractivity (Wildman–Crippen MR) is 73.6 cm³/mol. The van der Waals surface area contributed by atoms with Crippen LogP contribution in [0.3, 0.4) is 0 Å². The zero-order chi connectivity index (χ0) is 14.6. The molecule has 0 radical (unpaired) electrons. The average Bonchev–Trinajstić information content (AvgIpc) is 2.60. The summed E-state index contributed by atoms with van der Waals surface area (Å²) in [5, 5.41) is 3.31. The molecule has 1 aromatic rings. The second-order valence-electron chi connectivity index (χ2n) is 4.69. The smallest absolute Gasteiger partial charge is 0.405 e. The van der Waals surface area contributed by atoms with Crippen LogP contribution in [0.4, 0.5) is 13.2 Å². The van der Waals surface area contributed by atoms with E-state index in [1.165, 1.54) is 6.07 Å². The standard InChI is InChI=1S/C13H16BrF3N2O/c14-11-8-10(2-3-12(11)20-13(15,16)17)9-19-6-1-4-18-5-7-19/h2-3,8,18H,1,4-7,9H2. The topological polar surface area (TPSA) is 24.5 Å². The van der Waals surface area contributed by atoms with E-state index in [0.29, 0.717) is 4.47 Å². The third kappa shape index (κ3) is 4.96. The Bertz CT molecular complexity index is 446. The van der Waals surface area contributed by atoms with Crippen LogP contribution >= 0.6 is 15.9 Å². The van der Waals surface area contributed by atoms with E-state index in [4.69, 9.17) is 0 Å². The largest absolute Gasteiger partial charge is 0.573 e. The van der Waals surface area contributed by atoms with Gasteiger partial charge in [-0.15, -0.1) is 13.2 Å². The first kappa shape index (κ1) is 15.6. The van der Waals surface area contributed by atoms with Gasteiger partial charge in [-0.3, -0.25) is 4.90 Å². The van der Waals surface area contributed by atoms with E-state index in [0.717, 1.165) is 44.7 Å². The summed E-state index contributed by atoms with van der Waals surface area (Å²) in [6.07, 6.45) is -3.59. The Morgan fingerprint density at radius 2 is 2.05 bits per heavy atom. The molecule has 0 spiro atoms. The molecule has 1 aliphatic heterocycles. The molecule has 1 N–H and O–H groups in total. The van der Waals surface area contributed by atoms with Gasteiger partial charge in [-0.25, -0.2) is 0 Å². The lowest BCUT2D eigenvalue weighted by molar-refractivity contribution is -0.274. The number of hydrogen-bond acceptors (Lipinski definition) is 3. The van der Waals surface area contributed by atoms with E-state index in [-0.39, 0.29) is 5.75 Å². The van der Waals surface area contributed by atoms with Gasteiger partial charge in [-0.2, -0.15) is 0 Å². The van der Waals surface area contributed by atoms with Crippen molar-refractivity contribution in [3.63, 3.8) is 0 Å². The molecule has 7 heteroatoms. The molecule has 1 aromatic carbocycles. The van der Waals surface area contributed by atoms with Gasteiger partial charge in [0.2, 0.25) is 0 Å². The zero-order valence-electron chi connectivity index (χ0n) is 10.8. The molecule has 112 valence electrons. The van der Waals surface area contributed by atoms with E-state index < -0.39 is 6.36 Å². The monoisotopic (exact) mass is 352 g/mol. The maximum Gasteiger partial charge on any atom is 0.573 e. The number of alkyl halides is 3. The third-order valence-electron chi connectivity index (χ3n) is 3.06. The van der Waals surface area contributed by atoms with Crippen molar-refractivity contribution in [2.24, 2.45) is 0 Å². The van der Waals surface area contributed by atoms with Crippen LogP contribution in [-0.2, 0) is 6.54 Å². The van der Waals surface area contributed by atoms with Crippen LogP contribution in [0, 0.1) is 0 Å². The van der Waals surface area contributed by atoms with E-state index in [9.17, 15) is 13.2 Å². The molecule has 20 heavy (non-hydrogen) atoms. The van der Waals surface area contributed by atoms with Crippen molar-refractivity contribution in [1.82, 2.24) is 10.2 Å². The lowest BCUT2D eigenvalue weighted by Gasteiger charge is -2.20. The number of halogens is 4. The van der Waals surface area contributed by atoms with Gasteiger partial charge in [0.25, 0.3) is 0 Å². The van der Waals surface area contributed by atoms with Crippen LogP contribution in [0.2, 0.25) is 0 Å². The zero-order valence-corrected chi connectivity index (χ0v) is 12.4. The lowest BCUT2D eigenvalue weighted by atomic mass is 10.2. The molecule has 3 nitrogen and oxygen atoms in total. The van der Waals surface area contributed by atoms with Gasteiger partial charge < -0.3 is 10.1 Å². The predicted octanol–water partition coefficient (Wildman–Crippen LogP) is 3.14. The molecule has 1 fully saturated rings. The molecule has 0 unspecified atom stereocenters. The number of ether oxygens (including phenoxy) is 1. The van der Waals surface area contributed by atoms with Crippen LogP contribution < -0.4 is 10.1 Å². The van der Waals surface area contributed by atoms with Crippen LogP contribution in [0.15, 0.2) is 22.7 Å². The van der Waals surface area contributed by atoms with Crippen molar-refractivity contribution in [3.8, 4) is 5.75 Å². The van der Waals surface area contributed by atoms with E-state index in [1.54, 1.807) is 12.1 Å². The minimum absolute atomic E-state index is 0.209. The summed E-state index contributed by atoms with van der Waals surface area (Å²) in [5.74, 6) is -0.209. The van der Waals surface area contributed by atoms with Gasteiger partial charge in [-0.05, 0) is 53.1 Å². The fraction of sp³-hybridized carbons (Fsp3) is 0.538. The molecule has 2 rings (SSSR count). The van der Waals surface area contributed by atoms with Crippen molar-refractivity contribution < 1.29 is 17.9 Å². The molecular formula is C13H16BrF3N2O. The fourth-order valence-electron chi connectivity index (χ4n) is 2.17. The van der Waals surface area contributed by atoms with E-state index in [2.05, 4.69) is 30.9 Å². The van der Waals surface area contributed by atoms with Gasteiger partial charge in [0, 0.05) is 19.6 Å². The summed E-state index contributed by atoms with van der Waals surface area (Å²) in [4.78, 5) is 2.28. The number of rotatable bonds is 3. The number of nitrogens with zero attached hydrogens (tertiary/aromatic N) is 1. The maximum atomic E-state index is 12.2. The molecule has 0 aromatic heterocycles. The van der Waals surface area contributed by atoms with E-state index in [1.807, 2.05) is 0 Å². The third-order valence-corrected chi connectivity index (χ3v) is 3.68. The highest BCUT2D eigenvalue weighted by Crippen LogP contribution is 2.31. The summed E-state index contributed by atoms with van der Waals surface area (Å²) >= 11 is 3.12. The molecule has 0 amide bonds. The van der Waals surface area contributed by atoms with Crippen molar-refractivity contribution in [1.29, 1.82) is 0 Å². The summed E-state index contributed by atoms with van der Waals surface area (Å²) in [7, 11) is 0. The number of hydrogen-bond donors (Lipinski definition) is 1. The van der Waals surface area contributed by atoms with Gasteiger partial charge in [0.15, 0.2) is 0 Å². The molecule has 0 bridgehead atoms. The molecular weight excluding hydrogens is 337 g/mol. The van der Waals surface area contributed by atoms with Crippen LogP contribution in [0.5, 0.6) is 5.75 Å². The van der Waals surface area contributed by atoms with Crippen LogP contribution in [0.1, 0.15) is 12.0 Å². The highest BCUT2D eigenvalue weighted by molar-refractivity contribution is 9.10. The SMILES string of the molecule is FC(F)(F)Oc1ccc(CN2CCCNCC2)cc1Br. The summed E-state index contributed by atoms with van der Waals surface area (Å²) < 4.78 is 40.8. The van der Waals surface area contributed by atoms with Gasteiger partial charge >= 0.3 is 6.36 Å². The van der Waals surface area contributed by atoms with Crippen LogP contribution in [-0.4, -0.2) is 37.4 Å². The van der Waals surface area contributed by atoms with Gasteiger partial charge in [0.05, 0.1) is 4.47 Å². The van der Waals surface area contributed by atoms with Crippen molar-refractivity contribution in [3.05, 3.63) is 28.2 Å². The molecule has 1 saturated heterocycles. The normalized spacial score (nSPS) is 17.8. The Hall–Kier alpha value is -0.790. The first-order chi connectivity index (χ1) is 9.44. The molecule has 1 heterocycles. The number of nitrogens with one attached hydrogen (secondary N) is 1. The maximum absolute atomic E-state index is 12.2. The highest BCUT2D eigenvalue weighted by atomic mass is 79.9. The van der Waals surface area contributed by atoms with Crippen molar-refractivity contribution in [2.75, 3.05) is 26.2 Å².